The number of halogens is 2. The van der Waals surface area contributed by atoms with E-state index >= 15 is 0 Å². The van der Waals surface area contributed by atoms with Crippen LogP contribution in [-0.2, 0) is 0 Å². The van der Waals surface area contributed by atoms with Crippen molar-refractivity contribution < 1.29 is 8.78 Å². The maximum Gasteiger partial charge on any atom is 0.237 e. The van der Waals surface area contributed by atoms with E-state index in [0.717, 1.165) is 35.5 Å². The SMILES string of the molecule is CC[C@@H]1c2nnc(C)n2-c2cnc(-n3ccnc3-c3ccc(F)cc3F)nc2N1C1=CC=C1. The zero-order chi connectivity index (χ0) is 22.7. The van der Waals surface area contributed by atoms with E-state index in [9.17, 15) is 8.78 Å². The number of fused-ring (bicyclic) bond motifs is 3. The van der Waals surface area contributed by atoms with Crippen LogP contribution in [0.4, 0.5) is 14.6 Å². The highest BCUT2D eigenvalue weighted by atomic mass is 19.1. The third kappa shape index (κ3) is 2.83. The van der Waals surface area contributed by atoms with Gasteiger partial charge in [-0.25, -0.2) is 18.7 Å². The molecule has 3 aromatic heterocycles. The van der Waals surface area contributed by atoms with Gasteiger partial charge < -0.3 is 4.90 Å². The second kappa shape index (κ2) is 7.16. The third-order valence-corrected chi connectivity index (χ3v) is 5.89. The summed E-state index contributed by atoms with van der Waals surface area (Å²) in [5, 5.41) is 8.70. The molecule has 33 heavy (non-hydrogen) atoms. The van der Waals surface area contributed by atoms with Crippen molar-refractivity contribution >= 4 is 5.82 Å². The summed E-state index contributed by atoms with van der Waals surface area (Å²) < 4.78 is 31.5. The average Bonchev–Trinajstić information content (AvgIpc) is 3.40. The van der Waals surface area contributed by atoms with Gasteiger partial charge >= 0.3 is 0 Å². The van der Waals surface area contributed by atoms with E-state index in [-0.39, 0.29) is 17.4 Å². The summed E-state index contributed by atoms with van der Waals surface area (Å²) in [5.74, 6) is 1.52. The molecule has 164 valence electrons. The molecule has 6 rings (SSSR count). The number of anilines is 1. The molecule has 0 spiro atoms. The normalized spacial score (nSPS) is 16.3. The number of imidazole rings is 1. The quantitative estimate of drug-likeness (QED) is 0.469. The van der Waals surface area contributed by atoms with Gasteiger partial charge in [-0.15, -0.1) is 10.2 Å². The molecule has 1 aromatic carbocycles. The zero-order valence-corrected chi connectivity index (χ0v) is 17.8. The molecule has 1 atom stereocenters. The number of allylic oxidation sites excluding steroid dienone is 3. The lowest BCUT2D eigenvalue weighted by Gasteiger charge is -2.38. The fraction of sp³-hybridized carbons (Fsp3) is 0.174. The van der Waals surface area contributed by atoms with E-state index < -0.39 is 11.6 Å². The Hall–Kier alpha value is -4.21. The number of benzene rings is 1. The Labute approximate surface area is 187 Å². The summed E-state index contributed by atoms with van der Waals surface area (Å²) in [6.45, 7) is 3.98. The highest BCUT2D eigenvalue weighted by Gasteiger charge is 2.37. The molecule has 1 aliphatic heterocycles. The highest BCUT2D eigenvalue weighted by Crippen LogP contribution is 2.42. The van der Waals surface area contributed by atoms with E-state index in [0.29, 0.717) is 11.8 Å². The van der Waals surface area contributed by atoms with Gasteiger partial charge in [-0.1, -0.05) is 13.0 Å². The Balaban J connectivity index is 1.54. The molecule has 8 nitrogen and oxygen atoms in total. The molecule has 0 saturated carbocycles. The van der Waals surface area contributed by atoms with Crippen molar-refractivity contribution in [3.05, 3.63) is 84.0 Å². The second-order valence-electron chi connectivity index (χ2n) is 7.81. The van der Waals surface area contributed by atoms with Crippen LogP contribution >= 0.6 is 0 Å². The molecule has 4 aromatic rings. The minimum absolute atomic E-state index is 0.0607. The molecule has 0 amide bonds. The first-order valence-corrected chi connectivity index (χ1v) is 10.5. The first-order valence-electron chi connectivity index (χ1n) is 10.5. The van der Waals surface area contributed by atoms with Crippen LogP contribution in [0.15, 0.2) is 60.7 Å². The van der Waals surface area contributed by atoms with Gasteiger partial charge in [-0.2, -0.15) is 4.98 Å². The Morgan fingerprint density at radius 2 is 1.97 bits per heavy atom. The van der Waals surface area contributed by atoms with Crippen molar-refractivity contribution in [1.82, 2.24) is 34.3 Å². The lowest BCUT2D eigenvalue weighted by atomic mass is 10.0. The van der Waals surface area contributed by atoms with Crippen LogP contribution in [0, 0.1) is 18.6 Å². The van der Waals surface area contributed by atoms with Gasteiger partial charge in [-0.05, 0) is 37.6 Å². The minimum Gasteiger partial charge on any atom is -0.314 e. The summed E-state index contributed by atoms with van der Waals surface area (Å²) in [7, 11) is 0. The Morgan fingerprint density at radius 1 is 1.12 bits per heavy atom. The van der Waals surface area contributed by atoms with E-state index in [1.54, 1.807) is 17.0 Å². The summed E-state index contributed by atoms with van der Waals surface area (Å²) in [6, 6.07) is 3.33. The van der Waals surface area contributed by atoms with E-state index in [1.807, 2.05) is 29.7 Å². The summed E-state index contributed by atoms with van der Waals surface area (Å²) in [6.07, 6.45) is 11.7. The first kappa shape index (κ1) is 19.5. The molecule has 0 N–H and O–H groups in total. The summed E-state index contributed by atoms with van der Waals surface area (Å²) in [5.41, 5.74) is 1.93. The topological polar surface area (TPSA) is 77.5 Å². The molecule has 0 saturated heterocycles. The number of nitrogens with zero attached hydrogens (tertiary/aromatic N) is 8. The standard InChI is InChI=1S/C23H18F2N8/c1-3-18-22-30-29-13(2)32(22)19-12-27-23(28-21(19)33(18)15-5-4-6-15)31-10-9-26-20(31)16-8-7-14(24)11-17(16)25/h4-12,18H,3H2,1-2H3/t18-/m1/s1. The van der Waals surface area contributed by atoms with Crippen LogP contribution in [0.1, 0.15) is 31.0 Å². The van der Waals surface area contributed by atoms with Gasteiger partial charge in [0.25, 0.3) is 0 Å². The van der Waals surface area contributed by atoms with Crippen LogP contribution in [0.3, 0.4) is 0 Å². The van der Waals surface area contributed by atoms with Crippen LogP contribution in [-0.4, -0.2) is 34.3 Å². The summed E-state index contributed by atoms with van der Waals surface area (Å²) >= 11 is 0. The predicted molar refractivity (Wildman–Crippen MR) is 117 cm³/mol. The molecule has 4 heterocycles. The molecule has 0 fully saturated rings. The van der Waals surface area contributed by atoms with Crippen molar-refractivity contribution in [2.24, 2.45) is 0 Å². The fourth-order valence-electron chi connectivity index (χ4n) is 4.31. The van der Waals surface area contributed by atoms with Crippen molar-refractivity contribution in [1.29, 1.82) is 0 Å². The number of aromatic nitrogens is 7. The molecule has 10 heteroatoms. The fourth-order valence-corrected chi connectivity index (χ4v) is 4.31. The van der Waals surface area contributed by atoms with Gasteiger partial charge in [0, 0.05) is 24.2 Å². The summed E-state index contributed by atoms with van der Waals surface area (Å²) in [4.78, 5) is 15.8. The maximum absolute atomic E-state index is 14.5. The van der Waals surface area contributed by atoms with Crippen molar-refractivity contribution in [3.63, 3.8) is 0 Å². The van der Waals surface area contributed by atoms with Gasteiger partial charge in [-0.3, -0.25) is 9.13 Å². The average molecular weight is 444 g/mol. The number of aryl methyl sites for hydroxylation is 1. The van der Waals surface area contributed by atoms with Crippen LogP contribution < -0.4 is 4.90 Å². The zero-order valence-electron chi connectivity index (χ0n) is 17.8. The van der Waals surface area contributed by atoms with Gasteiger partial charge in [0.1, 0.15) is 29.0 Å². The molecule has 1 aliphatic carbocycles. The smallest absolute Gasteiger partial charge is 0.237 e. The maximum atomic E-state index is 14.5. The van der Waals surface area contributed by atoms with Gasteiger partial charge in [0.15, 0.2) is 11.6 Å². The Morgan fingerprint density at radius 3 is 2.70 bits per heavy atom. The van der Waals surface area contributed by atoms with E-state index in [1.165, 1.54) is 18.3 Å². The minimum atomic E-state index is -0.706. The predicted octanol–water partition coefficient (Wildman–Crippen LogP) is 4.22. The third-order valence-electron chi connectivity index (χ3n) is 5.89. The Kier molecular flexibility index (Phi) is 4.22. The molecule has 2 aliphatic rings. The number of rotatable bonds is 4. The van der Waals surface area contributed by atoms with Crippen molar-refractivity contribution in [2.45, 2.75) is 26.3 Å². The molecule has 0 radical (unpaired) electrons. The first-order chi connectivity index (χ1) is 16.1. The highest BCUT2D eigenvalue weighted by molar-refractivity contribution is 5.69. The Bertz CT molecular complexity index is 1470. The molecule has 0 unspecified atom stereocenters. The number of hydrogen-bond donors (Lipinski definition) is 0. The second-order valence-corrected chi connectivity index (χ2v) is 7.81. The molecular formula is C23H18F2N8. The van der Waals surface area contributed by atoms with Gasteiger partial charge in [0.05, 0.1) is 17.8 Å². The van der Waals surface area contributed by atoms with Crippen molar-refractivity contribution in [2.75, 3.05) is 4.90 Å². The molecule has 0 bridgehead atoms. The van der Waals surface area contributed by atoms with E-state index in [2.05, 4.69) is 32.0 Å². The lowest BCUT2D eigenvalue weighted by Crippen LogP contribution is -2.36. The van der Waals surface area contributed by atoms with Gasteiger partial charge in [0.2, 0.25) is 5.95 Å². The van der Waals surface area contributed by atoms with Crippen LogP contribution in [0.5, 0.6) is 0 Å². The molecular weight excluding hydrogens is 426 g/mol. The largest absolute Gasteiger partial charge is 0.314 e. The number of hydrogen-bond acceptors (Lipinski definition) is 6. The van der Waals surface area contributed by atoms with Crippen molar-refractivity contribution in [3.8, 4) is 23.0 Å². The monoisotopic (exact) mass is 444 g/mol. The van der Waals surface area contributed by atoms with Crippen LogP contribution in [0.25, 0.3) is 23.0 Å². The van der Waals surface area contributed by atoms with E-state index in [4.69, 9.17) is 4.98 Å². The lowest BCUT2D eigenvalue weighted by molar-refractivity contribution is 0.572. The van der Waals surface area contributed by atoms with Crippen LogP contribution in [0.2, 0.25) is 0 Å².